The van der Waals surface area contributed by atoms with Crippen molar-refractivity contribution < 1.29 is 23.8 Å². The van der Waals surface area contributed by atoms with E-state index in [4.69, 9.17) is 9.15 Å². The van der Waals surface area contributed by atoms with Crippen LogP contribution in [0.3, 0.4) is 0 Å². The fourth-order valence-corrected chi connectivity index (χ4v) is 4.08. The molecule has 34 heavy (non-hydrogen) atoms. The minimum Gasteiger partial charge on any atom is -0.507 e. The Morgan fingerprint density at radius 3 is 2.71 bits per heavy atom. The Morgan fingerprint density at radius 1 is 1.15 bits per heavy atom. The van der Waals surface area contributed by atoms with Gasteiger partial charge in [-0.2, -0.15) is 0 Å². The second kappa shape index (κ2) is 8.55. The van der Waals surface area contributed by atoms with Crippen LogP contribution in [0, 0.1) is 6.92 Å². The summed E-state index contributed by atoms with van der Waals surface area (Å²) in [5, 5.41) is 11.3. The lowest BCUT2D eigenvalue weighted by atomic mass is 9.99. The van der Waals surface area contributed by atoms with E-state index in [2.05, 4.69) is 9.97 Å². The van der Waals surface area contributed by atoms with Crippen molar-refractivity contribution in [2.45, 2.75) is 26.3 Å². The zero-order chi connectivity index (χ0) is 23.8. The summed E-state index contributed by atoms with van der Waals surface area (Å²) in [5.41, 5.74) is 1.65. The largest absolute Gasteiger partial charge is 0.507 e. The zero-order valence-electron chi connectivity index (χ0n) is 18.7. The molecule has 5 rings (SSSR count). The van der Waals surface area contributed by atoms with Gasteiger partial charge in [-0.25, -0.2) is 4.98 Å². The van der Waals surface area contributed by atoms with Crippen molar-refractivity contribution >= 4 is 34.4 Å². The van der Waals surface area contributed by atoms with Gasteiger partial charge in [-0.05, 0) is 49.7 Å². The number of aromatic amines is 1. The van der Waals surface area contributed by atoms with Crippen molar-refractivity contribution in [2.75, 3.05) is 11.5 Å². The number of rotatable bonds is 6. The third kappa shape index (κ3) is 3.63. The van der Waals surface area contributed by atoms with Gasteiger partial charge in [0, 0.05) is 5.56 Å². The van der Waals surface area contributed by atoms with Gasteiger partial charge in [0.1, 0.15) is 29.1 Å². The van der Waals surface area contributed by atoms with Gasteiger partial charge in [-0.15, -0.1) is 0 Å². The molecular weight excluding hydrogens is 434 g/mol. The van der Waals surface area contributed by atoms with Crippen LogP contribution in [0.15, 0.2) is 70.7 Å². The van der Waals surface area contributed by atoms with E-state index in [1.54, 1.807) is 49.4 Å². The molecule has 0 saturated carbocycles. The lowest BCUT2D eigenvalue weighted by Crippen LogP contribution is -2.30. The van der Waals surface area contributed by atoms with Gasteiger partial charge < -0.3 is 19.2 Å². The number of aliphatic hydroxyl groups is 1. The van der Waals surface area contributed by atoms with E-state index in [1.807, 2.05) is 25.1 Å². The zero-order valence-corrected chi connectivity index (χ0v) is 18.7. The highest BCUT2D eigenvalue weighted by atomic mass is 16.5. The van der Waals surface area contributed by atoms with Gasteiger partial charge in [0.15, 0.2) is 0 Å². The quantitative estimate of drug-likeness (QED) is 0.243. The maximum atomic E-state index is 13.2. The molecule has 0 aliphatic carbocycles. The van der Waals surface area contributed by atoms with E-state index in [9.17, 15) is 14.7 Å². The molecule has 4 aromatic rings. The van der Waals surface area contributed by atoms with Crippen LogP contribution in [0.5, 0.6) is 5.75 Å². The normalized spacial score (nSPS) is 17.6. The van der Waals surface area contributed by atoms with Gasteiger partial charge in [-0.3, -0.25) is 14.5 Å². The first-order valence-electron chi connectivity index (χ1n) is 11.0. The Hall–Kier alpha value is -4.33. The molecule has 1 saturated heterocycles. The van der Waals surface area contributed by atoms with E-state index in [0.717, 1.165) is 11.9 Å². The molecule has 1 atom stereocenters. The monoisotopic (exact) mass is 457 g/mol. The Bertz CT molecular complexity index is 1400. The number of anilines is 1. The Balaban J connectivity index is 1.67. The topological polar surface area (TPSA) is 109 Å². The van der Waals surface area contributed by atoms with Crippen LogP contribution in [0.2, 0.25) is 0 Å². The molecule has 2 aromatic carbocycles. The molecule has 1 aliphatic rings. The van der Waals surface area contributed by atoms with Crippen molar-refractivity contribution in [1.29, 1.82) is 0 Å². The van der Waals surface area contributed by atoms with Gasteiger partial charge >= 0.3 is 5.91 Å². The number of aryl methyl sites for hydroxylation is 1. The number of H-pyrrole nitrogens is 1. The van der Waals surface area contributed by atoms with Crippen LogP contribution in [-0.2, 0) is 9.59 Å². The number of aromatic nitrogens is 2. The molecule has 8 nitrogen and oxygen atoms in total. The van der Waals surface area contributed by atoms with Crippen LogP contribution in [0.4, 0.5) is 5.95 Å². The maximum absolute atomic E-state index is 13.2. The predicted molar refractivity (Wildman–Crippen MR) is 127 cm³/mol. The van der Waals surface area contributed by atoms with Crippen LogP contribution >= 0.6 is 0 Å². The molecule has 172 valence electrons. The first-order chi connectivity index (χ1) is 16.5. The van der Waals surface area contributed by atoms with E-state index in [1.165, 1.54) is 4.90 Å². The maximum Gasteiger partial charge on any atom is 0.302 e. The fourth-order valence-electron chi connectivity index (χ4n) is 4.08. The summed E-state index contributed by atoms with van der Waals surface area (Å²) in [7, 11) is 0. The second-order valence-electron chi connectivity index (χ2n) is 8.07. The second-order valence-corrected chi connectivity index (χ2v) is 8.07. The van der Waals surface area contributed by atoms with Crippen LogP contribution in [0.1, 0.15) is 36.5 Å². The average molecular weight is 457 g/mol. The van der Waals surface area contributed by atoms with E-state index in [-0.39, 0.29) is 17.3 Å². The number of carbonyl (C=O) groups excluding carboxylic acids is 2. The smallest absolute Gasteiger partial charge is 0.302 e. The summed E-state index contributed by atoms with van der Waals surface area (Å²) >= 11 is 0. The molecule has 1 fully saturated rings. The lowest BCUT2D eigenvalue weighted by Gasteiger charge is -2.20. The van der Waals surface area contributed by atoms with E-state index < -0.39 is 17.7 Å². The number of nitrogens with zero attached hydrogens (tertiary/aromatic N) is 2. The number of carbonyl (C=O) groups is 2. The van der Waals surface area contributed by atoms with Gasteiger partial charge in [0.25, 0.3) is 5.78 Å². The van der Waals surface area contributed by atoms with Crippen molar-refractivity contribution in [1.82, 2.24) is 9.97 Å². The third-order valence-corrected chi connectivity index (χ3v) is 5.66. The number of hydrogen-bond donors (Lipinski definition) is 2. The number of para-hydroxylation sites is 2. The lowest BCUT2D eigenvalue weighted by molar-refractivity contribution is -0.132. The molecule has 2 N–H and O–H groups in total. The molecule has 1 aliphatic heterocycles. The van der Waals surface area contributed by atoms with Crippen molar-refractivity contribution in [2.24, 2.45) is 0 Å². The highest BCUT2D eigenvalue weighted by molar-refractivity contribution is 6.51. The van der Waals surface area contributed by atoms with Crippen LogP contribution in [-0.4, -0.2) is 33.4 Å². The third-order valence-electron chi connectivity index (χ3n) is 5.66. The molecule has 2 aromatic heterocycles. The summed E-state index contributed by atoms with van der Waals surface area (Å²) in [6.07, 6.45) is 0.830. The van der Waals surface area contributed by atoms with Gasteiger partial charge in [-0.1, -0.05) is 31.2 Å². The summed E-state index contributed by atoms with van der Waals surface area (Å²) in [5.74, 6) is -0.227. The van der Waals surface area contributed by atoms with Crippen LogP contribution in [0.25, 0.3) is 16.8 Å². The first kappa shape index (κ1) is 21.5. The number of hydrogen-bond acceptors (Lipinski definition) is 6. The number of fused-ring (bicyclic) bond motifs is 1. The number of ketones is 1. The first-order valence-corrected chi connectivity index (χ1v) is 11.0. The highest BCUT2D eigenvalue weighted by Crippen LogP contribution is 2.42. The summed E-state index contributed by atoms with van der Waals surface area (Å²) in [4.78, 5) is 35.3. The van der Waals surface area contributed by atoms with Crippen molar-refractivity contribution in [3.05, 3.63) is 83.3 Å². The minimum absolute atomic E-state index is 0.0764. The number of aliphatic hydroxyl groups excluding tert-OH is 1. The van der Waals surface area contributed by atoms with Gasteiger partial charge in [0.05, 0.1) is 23.2 Å². The van der Waals surface area contributed by atoms with Gasteiger partial charge in [0.2, 0.25) is 5.95 Å². The predicted octanol–water partition coefficient (Wildman–Crippen LogP) is 4.88. The molecule has 0 bridgehead atoms. The number of amides is 1. The number of Topliss-reactive ketones (excluding diaryl/α,β-unsaturated/α-hetero) is 1. The number of nitrogens with one attached hydrogen (secondary N) is 1. The number of furan rings is 1. The fraction of sp³-hybridized carbons (Fsp3) is 0.192. The summed E-state index contributed by atoms with van der Waals surface area (Å²) in [6.45, 7) is 4.28. The Labute approximate surface area is 195 Å². The number of ether oxygens (including phenoxy) is 1. The molecule has 1 unspecified atom stereocenters. The summed E-state index contributed by atoms with van der Waals surface area (Å²) in [6, 6.07) is 16.6. The summed E-state index contributed by atoms with van der Waals surface area (Å²) < 4.78 is 11.5. The molecule has 1 amide bonds. The highest BCUT2D eigenvalue weighted by Gasteiger charge is 2.49. The van der Waals surface area contributed by atoms with E-state index >= 15 is 0 Å². The average Bonchev–Trinajstić information content (AvgIpc) is 3.53. The molecule has 3 heterocycles. The molecule has 8 heteroatoms. The van der Waals surface area contributed by atoms with Crippen molar-refractivity contribution in [3.8, 4) is 5.75 Å². The number of imidazole rings is 1. The molecule has 0 spiro atoms. The molecule has 0 radical (unpaired) electrons. The number of benzene rings is 2. The Kier molecular flexibility index (Phi) is 5.41. The van der Waals surface area contributed by atoms with E-state index in [0.29, 0.717) is 35.0 Å². The molecular formula is C26H23N3O5. The van der Waals surface area contributed by atoms with Crippen LogP contribution < -0.4 is 9.64 Å². The minimum atomic E-state index is -0.991. The SMILES string of the molecule is CCCOc1cccc(/C(O)=C2\C(=O)C(=O)N(c3nc4ccccc4[nH]3)C2c2ccc(C)o2)c1. The Morgan fingerprint density at radius 2 is 1.97 bits per heavy atom. The standard InChI is InChI=1S/C26H23N3O5/c1-3-13-33-17-8-6-7-16(14-17)23(30)21-22(20-12-11-15(2)34-20)29(25(32)24(21)31)26-27-18-9-4-5-10-19(18)28-26/h4-12,14,22,30H,3,13H2,1-2H3,(H,27,28)/b23-21+. The van der Waals surface area contributed by atoms with Crippen molar-refractivity contribution in [3.63, 3.8) is 0 Å².